The number of Topliss-reactive ketones (excluding diaryl/α,β-unsaturated/α-hetero) is 2. The molecular weight excluding hydrogens is 845 g/mol. The Hall–Kier alpha value is -6.85. The number of hydrogen-bond donors (Lipinski definition) is 6. The number of fused-ring (bicyclic) bond motifs is 8. The Morgan fingerprint density at radius 3 is 2.29 bits per heavy atom. The zero-order valence-electron chi connectivity index (χ0n) is 38.8. The molecule has 66 heavy (non-hydrogen) atoms. The highest BCUT2D eigenvalue weighted by atomic mass is 16.5. The summed E-state index contributed by atoms with van der Waals surface area (Å²) in [5, 5.41) is 23.2. The SMILES string of the molecule is CC[C@@H]1c2cc3[nH]c4c(c3C)C(=O)C(C(=O)OC)c4c3nc(cc4[nH]c(cc(n2)[C@H]1C)c(C(C)=O)c4C)[C@H](C)[C@H]3CCCC(=O)NCCCC(NC(=O)c1[nH]cnc1N=NC(C)C)C(=O)O. The van der Waals surface area contributed by atoms with Crippen LogP contribution >= 0.6 is 0 Å². The molecule has 0 saturated carbocycles. The molecule has 2 unspecified atom stereocenters. The summed E-state index contributed by atoms with van der Waals surface area (Å²) in [5.41, 5.74) is 8.40. The molecule has 4 aromatic rings. The smallest absolute Gasteiger partial charge is 0.326 e. The Kier molecular flexibility index (Phi) is 13.8. The number of nitrogens with one attached hydrogen (secondary N) is 5. The van der Waals surface area contributed by atoms with E-state index in [1.54, 1.807) is 6.92 Å². The summed E-state index contributed by atoms with van der Waals surface area (Å²) < 4.78 is 5.25. The van der Waals surface area contributed by atoms with E-state index in [0.717, 1.165) is 23.4 Å². The highest BCUT2D eigenvalue weighted by molar-refractivity contribution is 6.23. The first kappa shape index (κ1) is 47.1. The summed E-state index contributed by atoms with van der Waals surface area (Å²) in [6.45, 7) is 15.4. The van der Waals surface area contributed by atoms with Crippen LogP contribution < -0.4 is 10.6 Å². The van der Waals surface area contributed by atoms with Gasteiger partial charge < -0.3 is 35.4 Å². The van der Waals surface area contributed by atoms with Gasteiger partial charge >= 0.3 is 11.9 Å². The molecule has 6 N–H and O–H groups in total. The zero-order valence-corrected chi connectivity index (χ0v) is 38.8. The second-order valence-corrected chi connectivity index (χ2v) is 17.8. The predicted octanol–water partition coefficient (Wildman–Crippen LogP) is 7.94. The van der Waals surface area contributed by atoms with Crippen molar-refractivity contribution in [3.63, 3.8) is 0 Å². The van der Waals surface area contributed by atoms with Gasteiger partial charge in [-0.25, -0.2) is 9.78 Å². The normalized spacial score (nSPS) is 19.4. The van der Waals surface area contributed by atoms with Crippen molar-refractivity contribution in [2.75, 3.05) is 13.7 Å². The van der Waals surface area contributed by atoms with Gasteiger partial charge in [0.05, 0.1) is 36.2 Å². The van der Waals surface area contributed by atoms with E-state index in [1.165, 1.54) is 13.4 Å². The fourth-order valence-corrected chi connectivity index (χ4v) is 9.63. The van der Waals surface area contributed by atoms with Gasteiger partial charge in [-0.15, -0.1) is 5.11 Å². The molecule has 8 bridgehead atoms. The minimum absolute atomic E-state index is 0.0115. The first-order valence-corrected chi connectivity index (χ1v) is 22.6. The molecule has 18 heteroatoms. The molecule has 0 saturated heterocycles. The van der Waals surface area contributed by atoms with Gasteiger partial charge in [-0.3, -0.25) is 33.9 Å². The van der Waals surface area contributed by atoms with Crippen LogP contribution in [0.15, 0.2) is 34.8 Å². The number of rotatable bonds is 16. The minimum Gasteiger partial charge on any atom is -0.480 e. The van der Waals surface area contributed by atoms with Crippen molar-refractivity contribution >= 4 is 63.2 Å². The molecule has 2 amide bonds. The van der Waals surface area contributed by atoms with Gasteiger partial charge in [-0.05, 0) is 96.0 Å². The largest absolute Gasteiger partial charge is 0.480 e. The fourth-order valence-electron chi connectivity index (χ4n) is 9.63. The molecule has 1 aliphatic carbocycles. The van der Waals surface area contributed by atoms with Crippen molar-refractivity contribution in [2.45, 2.75) is 136 Å². The number of carbonyl (C=O) groups is 6. The molecule has 4 aromatic heterocycles. The number of azo groups is 1. The summed E-state index contributed by atoms with van der Waals surface area (Å²) in [5.74, 6) is -4.95. The molecule has 0 fully saturated rings. The lowest BCUT2D eigenvalue weighted by Gasteiger charge is -2.19. The molecule has 7 rings (SSSR count). The maximum Gasteiger partial charge on any atom is 0.326 e. The van der Waals surface area contributed by atoms with E-state index in [4.69, 9.17) is 14.7 Å². The number of aryl methyl sites for hydroxylation is 2. The third-order valence-electron chi connectivity index (χ3n) is 13.2. The molecule has 6 heterocycles. The number of carboxylic acids is 1. The van der Waals surface area contributed by atoms with Gasteiger partial charge in [0.15, 0.2) is 17.3 Å². The number of ether oxygens (including phenoxy) is 1. The van der Waals surface area contributed by atoms with Crippen LogP contribution in [0, 0.1) is 13.8 Å². The number of carboxylic acid groups (broad SMARTS) is 1. The standard InChI is InChI=1S/C48H58N10O8/c1-10-27-22(4)30-19-35-37(26(8)59)24(6)32(53-35)17-31-23(5)28(41(54-31)39-40(48(65)66-9)44(61)38-25(7)33(55-42(38)39)18-34(27)52-30)13-11-15-36(60)49-16-12-14-29(47(63)64)56-46(62)43-45(51-20-50-43)58-57-21(2)3/h17-23,27-29,40,53,55H,10-16H2,1-9H3,(H,49,60)(H,50,51)(H,56,62)(H,63,64)/t22-,23+,27-,28+,29?,40?/m0/s1. The van der Waals surface area contributed by atoms with E-state index in [1.807, 2.05) is 52.8 Å². The Morgan fingerprint density at radius 1 is 0.924 bits per heavy atom. The molecular formula is C48H58N10O8. The summed E-state index contributed by atoms with van der Waals surface area (Å²) in [7, 11) is 1.26. The number of aromatic amines is 3. The van der Waals surface area contributed by atoms with Crippen LogP contribution in [-0.4, -0.2) is 96.1 Å². The number of esters is 1. The summed E-state index contributed by atoms with van der Waals surface area (Å²) in [4.78, 5) is 103. The van der Waals surface area contributed by atoms with Gasteiger partial charge in [0.25, 0.3) is 5.91 Å². The number of H-pyrrole nitrogens is 3. The van der Waals surface area contributed by atoms with Crippen LogP contribution in [0.25, 0.3) is 22.1 Å². The fraction of sp³-hybridized carbons (Fsp3) is 0.479. The van der Waals surface area contributed by atoms with Crippen LogP contribution in [0.3, 0.4) is 0 Å². The number of amides is 2. The highest BCUT2D eigenvalue weighted by Gasteiger charge is 2.45. The molecule has 0 spiro atoms. The Balaban J connectivity index is 1.17. The van der Waals surface area contributed by atoms with Gasteiger partial charge in [0, 0.05) is 81.4 Å². The molecule has 2 aliphatic heterocycles. The number of aliphatic carboxylic acids is 1. The zero-order chi connectivity index (χ0) is 47.7. The summed E-state index contributed by atoms with van der Waals surface area (Å²) in [6.07, 6.45) is 3.43. The Bertz CT molecular complexity index is 2820. The second-order valence-electron chi connectivity index (χ2n) is 17.8. The van der Waals surface area contributed by atoms with Crippen molar-refractivity contribution in [2.24, 2.45) is 10.2 Å². The average molecular weight is 903 g/mol. The van der Waals surface area contributed by atoms with Crippen molar-refractivity contribution in [3.8, 4) is 0 Å². The van der Waals surface area contributed by atoms with E-state index in [0.29, 0.717) is 68.6 Å². The molecule has 18 nitrogen and oxygen atoms in total. The number of imidazole rings is 1. The lowest BCUT2D eigenvalue weighted by molar-refractivity contribution is -0.141. The van der Waals surface area contributed by atoms with Gasteiger partial charge in [0.2, 0.25) is 11.7 Å². The molecule has 0 aromatic carbocycles. The number of aromatic nitrogens is 6. The van der Waals surface area contributed by atoms with Crippen LogP contribution in [0.4, 0.5) is 5.82 Å². The monoisotopic (exact) mass is 902 g/mol. The minimum atomic E-state index is -1.25. The van der Waals surface area contributed by atoms with Crippen LogP contribution in [0.2, 0.25) is 0 Å². The van der Waals surface area contributed by atoms with Gasteiger partial charge in [0.1, 0.15) is 12.0 Å². The lowest BCUT2D eigenvalue weighted by atomic mass is 9.83. The van der Waals surface area contributed by atoms with Gasteiger partial charge in [-0.1, -0.05) is 20.8 Å². The topological polar surface area (TPSA) is 267 Å². The summed E-state index contributed by atoms with van der Waals surface area (Å²) >= 11 is 0. The Labute approximate surface area is 381 Å². The molecule has 348 valence electrons. The van der Waals surface area contributed by atoms with Gasteiger partial charge in [-0.2, -0.15) is 5.11 Å². The molecule has 6 atom stereocenters. The van der Waals surface area contributed by atoms with Crippen molar-refractivity contribution in [1.29, 1.82) is 0 Å². The number of nitrogens with zero attached hydrogens (tertiary/aromatic N) is 5. The molecule has 0 radical (unpaired) electrons. The van der Waals surface area contributed by atoms with E-state index in [9.17, 15) is 33.9 Å². The number of carbonyl (C=O) groups excluding carboxylic acids is 5. The Morgan fingerprint density at radius 2 is 1.61 bits per heavy atom. The van der Waals surface area contributed by atoms with Crippen LogP contribution in [0.1, 0.15) is 180 Å². The quantitative estimate of drug-likeness (QED) is 0.0207. The first-order valence-electron chi connectivity index (χ1n) is 22.6. The number of methoxy groups -OCH3 is 1. The van der Waals surface area contributed by atoms with E-state index >= 15 is 0 Å². The van der Waals surface area contributed by atoms with Crippen molar-refractivity contribution < 1.29 is 38.6 Å². The summed E-state index contributed by atoms with van der Waals surface area (Å²) in [6, 6.07) is 4.52. The third-order valence-corrected chi connectivity index (χ3v) is 13.2. The number of ketones is 2. The maximum atomic E-state index is 14.4. The average Bonchev–Trinajstić information content (AvgIpc) is 4.11. The van der Waals surface area contributed by atoms with E-state index < -0.39 is 29.8 Å². The maximum absolute atomic E-state index is 14.4. The van der Waals surface area contributed by atoms with Crippen molar-refractivity contribution in [1.82, 2.24) is 40.5 Å². The number of hydrogen-bond acceptors (Lipinski definition) is 12. The first-order chi connectivity index (χ1) is 31.4. The third kappa shape index (κ3) is 9.04. The second kappa shape index (κ2) is 19.3. The van der Waals surface area contributed by atoms with Crippen LogP contribution in [-0.2, 0) is 19.1 Å². The predicted molar refractivity (Wildman–Crippen MR) is 245 cm³/mol. The van der Waals surface area contributed by atoms with Crippen molar-refractivity contribution in [3.05, 3.63) is 80.8 Å². The van der Waals surface area contributed by atoms with Crippen LogP contribution in [0.5, 0.6) is 0 Å². The van der Waals surface area contributed by atoms with E-state index in [-0.39, 0.29) is 84.5 Å². The lowest BCUT2D eigenvalue weighted by Crippen LogP contribution is -2.41. The molecule has 3 aliphatic rings. The highest BCUT2D eigenvalue weighted by Crippen LogP contribution is 2.48. The van der Waals surface area contributed by atoms with E-state index in [2.05, 4.69) is 54.6 Å².